The van der Waals surface area contributed by atoms with E-state index in [4.69, 9.17) is 0 Å². The third-order valence-corrected chi connectivity index (χ3v) is 3.92. The molecule has 0 fully saturated rings. The lowest BCUT2D eigenvalue weighted by atomic mass is 10.0. The van der Waals surface area contributed by atoms with E-state index in [-0.39, 0.29) is 5.71 Å². The summed E-state index contributed by atoms with van der Waals surface area (Å²) in [5, 5.41) is 16.2. The average Bonchev–Trinajstić information content (AvgIpc) is 3.00. The number of rotatable bonds is 5. The molecule has 1 aliphatic rings. The van der Waals surface area contributed by atoms with Crippen LogP contribution in [-0.4, -0.2) is 22.8 Å². The smallest absolute Gasteiger partial charge is 0.350 e. The predicted molar refractivity (Wildman–Crippen MR) is 86.7 cm³/mol. The standard InChI is InChI=1S/C18H17F3N2O2/c19-18(20,21)17(24)10-16(23-25-17)15-8-4-7-14(9-15)12-22-11-13-5-2-1-3-6-13/h1-9,22,24H,10-12H2. The summed E-state index contributed by atoms with van der Waals surface area (Å²) >= 11 is 0. The second-order valence-electron chi connectivity index (χ2n) is 5.88. The number of nitrogens with one attached hydrogen (secondary N) is 1. The van der Waals surface area contributed by atoms with Gasteiger partial charge in [0.1, 0.15) is 0 Å². The maximum atomic E-state index is 12.8. The monoisotopic (exact) mass is 350 g/mol. The van der Waals surface area contributed by atoms with E-state index in [0.717, 1.165) is 11.1 Å². The lowest BCUT2D eigenvalue weighted by Gasteiger charge is -2.22. The van der Waals surface area contributed by atoms with Crippen LogP contribution in [0.4, 0.5) is 13.2 Å². The van der Waals surface area contributed by atoms with Gasteiger partial charge in [-0.2, -0.15) is 13.2 Å². The quantitative estimate of drug-likeness (QED) is 0.870. The fraction of sp³-hybridized carbons (Fsp3) is 0.278. The van der Waals surface area contributed by atoms with Crippen LogP contribution in [0, 0.1) is 0 Å². The van der Waals surface area contributed by atoms with Crippen LogP contribution in [-0.2, 0) is 17.9 Å². The Kier molecular flexibility index (Phi) is 4.78. The highest BCUT2D eigenvalue weighted by atomic mass is 19.4. The van der Waals surface area contributed by atoms with Crippen molar-refractivity contribution in [3.63, 3.8) is 0 Å². The van der Waals surface area contributed by atoms with Crippen LogP contribution in [0.2, 0.25) is 0 Å². The first kappa shape index (κ1) is 17.4. The first-order chi connectivity index (χ1) is 11.9. The van der Waals surface area contributed by atoms with Crippen molar-refractivity contribution in [3.05, 3.63) is 71.3 Å². The molecule has 1 atom stereocenters. The van der Waals surface area contributed by atoms with Crippen LogP contribution in [0.5, 0.6) is 0 Å². The molecule has 1 aliphatic heterocycles. The van der Waals surface area contributed by atoms with Crippen LogP contribution in [0.25, 0.3) is 0 Å². The van der Waals surface area contributed by atoms with E-state index in [2.05, 4.69) is 15.3 Å². The van der Waals surface area contributed by atoms with Crippen molar-refractivity contribution < 1.29 is 23.1 Å². The van der Waals surface area contributed by atoms with Gasteiger partial charge >= 0.3 is 12.0 Å². The molecule has 2 N–H and O–H groups in total. The van der Waals surface area contributed by atoms with Gasteiger partial charge in [-0.1, -0.05) is 53.7 Å². The fourth-order valence-electron chi connectivity index (χ4n) is 2.54. The molecule has 0 aliphatic carbocycles. The maximum absolute atomic E-state index is 12.8. The highest BCUT2D eigenvalue weighted by Crippen LogP contribution is 2.38. The van der Waals surface area contributed by atoms with Gasteiger partial charge in [-0.25, -0.2) is 0 Å². The van der Waals surface area contributed by atoms with Gasteiger partial charge in [0, 0.05) is 13.1 Å². The van der Waals surface area contributed by atoms with E-state index in [1.807, 2.05) is 36.4 Å². The van der Waals surface area contributed by atoms with Crippen LogP contribution >= 0.6 is 0 Å². The van der Waals surface area contributed by atoms with Crippen LogP contribution in [0.15, 0.2) is 59.8 Å². The average molecular weight is 350 g/mol. The van der Waals surface area contributed by atoms with Gasteiger partial charge in [0.25, 0.3) is 0 Å². The molecule has 2 aromatic rings. The zero-order chi connectivity index (χ0) is 17.9. The van der Waals surface area contributed by atoms with Crippen LogP contribution < -0.4 is 5.32 Å². The number of benzene rings is 2. The molecular formula is C18H17F3N2O2. The molecule has 1 heterocycles. The minimum Gasteiger partial charge on any atom is -0.350 e. The molecule has 0 bridgehead atoms. The Hall–Kier alpha value is -2.38. The summed E-state index contributed by atoms with van der Waals surface area (Å²) in [4.78, 5) is 4.25. The summed E-state index contributed by atoms with van der Waals surface area (Å²) in [6.45, 7) is 1.24. The van der Waals surface area contributed by atoms with Crippen molar-refractivity contribution in [1.82, 2.24) is 5.32 Å². The molecule has 7 heteroatoms. The van der Waals surface area contributed by atoms with Gasteiger partial charge in [0.05, 0.1) is 12.1 Å². The lowest BCUT2D eigenvalue weighted by molar-refractivity contribution is -0.355. The first-order valence-corrected chi connectivity index (χ1v) is 7.75. The largest absolute Gasteiger partial charge is 0.458 e. The Balaban J connectivity index is 1.62. The predicted octanol–water partition coefficient (Wildman–Crippen LogP) is 3.35. The van der Waals surface area contributed by atoms with E-state index in [0.29, 0.717) is 18.7 Å². The number of hydrogen-bond acceptors (Lipinski definition) is 4. The number of halogens is 3. The number of aliphatic hydroxyl groups is 1. The molecule has 1 unspecified atom stereocenters. The second kappa shape index (κ2) is 6.85. The number of nitrogens with zero attached hydrogens (tertiary/aromatic N) is 1. The molecule has 25 heavy (non-hydrogen) atoms. The van der Waals surface area contributed by atoms with Crippen LogP contribution in [0.1, 0.15) is 23.1 Å². The van der Waals surface area contributed by atoms with E-state index in [9.17, 15) is 18.3 Å². The molecule has 0 saturated carbocycles. The summed E-state index contributed by atoms with van der Waals surface area (Å²) < 4.78 is 38.3. The Morgan fingerprint density at radius 3 is 2.40 bits per heavy atom. The molecule has 0 amide bonds. The van der Waals surface area contributed by atoms with Gasteiger partial charge < -0.3 is 15.3 Å². The van der Waals surface area contributed by atoms with Gasteiger partial charge in [-0.15, -0.1) is 0 Å². The number of hydrogen-bond donors (Lipinski definition) is 2. The summed E-state index contributed by atoms with van der Waals surface area (Å²) in [5.41, 5.74) is 2.62. The normalized spacial score (nSPS) is 20.2. The second-order valence-corrected chi connectivity index (χ2v) is 5.88. The third-order valence-electron chi connectivity index (χ3n) is 3.92. The number of oxime groups is 1. The van der Waals surface area contributed by atoms with E-state index >= 15 is 0 Å². The highest BCUT2D eigenvalue weighted by molar-refractivity contribution is 6.01. The molecule has 3 rings (SSSR count). The molecule has 0 saturated heterocycles. The molecule has 0 aromatic heterocycles. The zero-order valence-electron chi connectivity index (χ0n) is 13.3. The van der Waals surface area contributed by atoms with Crippen molar-refractivity contribution in [3.8, 4) is 0 Å². The summed E-state index contributed by atoms with van der Waals surface area (Å²) in [6.07, 6.45) is -5.62. The van der Waals surface area contributed by atoms with Crippen molar-refractivity contribution >= 4 is 5.71 Å². The molecule has 4 nitrogen and oxygen atoms in total. The minimum atomic E-state index is -4.90. The maximum Gasteiger partial charge on any atom is 0.458 e. The fourth-order valence-corrected chi connectivity index (χ4v) is 2.54. The van der Waals surface area contributed by atoms with Gasteiger partial charge in [0.15, 0.2) is 0 Å². The Morgan fingerprint density at radius 1 is 1.04 bits per heavy atom. The van der Waals surface area contributed by atoms with Crippen molar-refractivity contribution in [2.75, 3.05) is 0 Å². The van der Waals surface area contributed by atoms with E-state index in [1.54, 1.807) is 18.2 Å². The van der Waals surface area contributed by atoms with Crippen LogP contribution in [0.3, 0.4) is 0 Å². The lowest BCUT2D eigenvalue weighted by Crippen LogP contribution is -2.45. The van der Waals surface area contributed by atoms with E-state index in [1.165, 1.54) is 0 Å². The summed E-state index contributed by atoms with van der Waals surface area (Å²) in [5.74, 6) is -3.25. The Labute approximate surface area is 142 Å². The topological polar surface area (TPSA) is 53.8 Å². The van der Waals surface area contributed by atoms with Gasteiger partial charge in [0.2, 0.25) is 0 Å². The highest BCUT2D eigenvalue weighted by Gasteiger charge is 2.60. The van der Waals surface area contributed by atoms with Gasteiger partial charge in [-0.3, -0.25) is 0 Å². The first-order valence-electron chi connectivity index (χ1n) is 7.75. The van der Waals surface area contributed by atoms with Gasteiger partial charge in [-0.05, 0) is 22.8 Å². The number of alkyl halides is 3. The zero-order valence-corrected chi connectivity index (χ0v) is 13.3. The van der Waals surface area contributed by atoms with Crippen molar-refractivity contribution in [2.24, 2.45) is 5.16 Å². The molecule has 0 spiro atoms. The summed E-state index contributed by atoms with van der Waals surface area (Å²) in [7, 11) is 0. The van der Waals surface area contributed by atoms with E-state index < -0.39 is 18.4 Å². The minimum absolute atomic E-state index is 0.0738. The summed E-state index contributed by atoms with van der Waals surface area (Å²) in [6, 6.07) is 16.9. The molecular weight excluding hydrogens is 333 g/mol. The third kappa shape index (κ3) is 4.00. The van der Waals surface area contributed by atoms with Crippen molar-refractivity contribution in [1.29, 1.82) is 0 Å². The molecule has 0 radical (unpaired) electrons. The molecule has 2 aromatic carbocycles. The SMILES string of the molecule is OC1(C(F)(F)F)CC(c2cccc(CNCc3ccccc3)c2)=NO1. The Morgan fingerprint density at radius 2 is 1.72 bits per heavy atom. The van der Waals surface area contributed by atoms with Crippen molar-refractivity contribution in [2.45, 2.75) is 31.5 Å². The molecule has 132 valence electrons. The Bertz CT molecular complexity index is 762.